The summed E-state index contributed by atoms with van der Waals surface area (Å²) in [7, 11) is 0. The summed E-state index contributed by atoms with van der Waals surface area (Å²) in [5.41, 5.74) is 10.2. The molecule has 6 heteroatoms. The smallest absolute Gasteiger partial charge is 0.154 e. The highest BCUT2D eigenvalue weighted by Gasteiger charge is 2.10. The second-order valence-electron chi connectivity index (χ2n) is 6.21. The molecule has 0 fully saturated rings. The van der Waals surface area contributed by atoms with E-state index in [1.165, 1.54) is 0 Å². The maximum Gasteiger partial charge on any atom is 0.154 e. The highest BCUT2D eigenvalue weighted by Crippen LogP contribution is 2.25. The Morgan fingerprint density at radius 2 is 1.92 bits per heavy atom. The maximum absolute atomic E-state index is 9.33. The van der Waals surface area contributed by atoms with E-state index in [-0.39, 0.29) is 12.6 Å². The lowest BCUT2D eigenvalue weighted by atomic mass is 10.1. The Bertz CT molecular complexity index is 1070. The van der Waals surface area contributed by atoms with E-state index in [0.717, 1.165) is 27.9 Å². The lowest BCUT2D eigenvalue weighted by Crippen LogP contribution is -2.07. The Morgan fingerprint density at radius 3 is 2.73 bits per heavy atom. The van der Waals surface area contributed by atoms with E-state index in [9.17, 15) is 5.11 Å². The molecule has 6 nitrogen and oxygen atoms in total. The molecule has 1 atom stereocenters. The third-order valence-electron chi connectivity index (χ3n) is 4.27. The fraction of sp³-hybridized carbons (Fsp3) is 0.150. The van der Waals surface area contributed by atoms with Crippen LogP contribution in [-0.4, -0.2) is 24.9 Å². The van der Waals surface area contributed by atoms with Crippen molar-refractivity contribution in [2.45, 2.75) is 19.6 Å². The summed E-state index contributed by atoms with van der Waals surface area (Å²) in [5, 5.41) is 14.8. The largest absolute Gasteiger partial charge is 0.390 e. The van der Waals surface area contributed by atoms with Gasteiger partial charge in [0.05, 0.1) is 35.4 Å². The Hall–Kier alpha value is -3.09. The van der Waals surface area contributed by atoms with Crippen LogP contribution in [0, 0.1) is 0 Å². The van der Waals surface area contributed by atoms with Crippen LogP contribution in [0.4, 0.5) is 0 Å². The van der Waals surface area contributed by atoms with Gasteiger partial charge in [-0.15, -0.1) is 0 Å². The topological polar surface area (TPSA) is 89.8 Å². The number of nitrogens with zero attached hydrogens (tertiary/aromatic N) is 4. The minimum absolute atomic E-state index is 0.105. The molecule has 4 rings (SSSR count). The van der Waals surface area contributed by atoms with Crippen LogP contribution in [0.25, 0.3) is 28.0 Å². The van der Waals surface area contributed by atoms with Crippen molar-refractivity contribution in [2.75, 3.05) is 0 Å². The molecule has 0 unspecified atom stereocenters. The average molecular weight is 345 g/mol. The lowest BCUT2D eigenvalue weighted by molar-refractivity contribution is 0.276. The van der Waals surface area contributed by atoms with Crippen LogP contribution in [0.2, 0.25) is 0 Å². The number of fused-ring (bicyclic) bond motifs is 1. The first-order chi connectivity index (χ1) is 12.7. The highest BCUT2D eigenvalue weighted by atomic mass is 16.3. The number of nitrogens with two attached hydrogens (primary N) is 1. The number of hydrogen-bond acceptors (Lipinski definition) is 5. The van der Waals surface area contributed by atoms with E-state index < -0.39 is 0 Å². The monoisotopic (exact) mass is 345 g/mol. The molecule has 0 aliphatic heterocycles. The molecule has 3 N–H and O–H groups in total. The lowest BCUT2D eigenvalue weighted by Gasteiger charge is -2.08. The zero-order chi connectivity index (χ0) is 18.1. The van der Waals surface area contributed by atoms with Crippen LogP contribution in [0.3, 0.4) is 0 Å². The Balaban J connectivity index is 1.83. The van der Waals surface area contributed by atoms with Gasteiger partial charge in [-0.3, -0.25) is 4.98 Å². The molecular weight excluding hydrogens is 326 g/mol. The molecule has 0 aliphatic rings. The summed E-state index contributed by atoms with van der Waals surface area (Å²) in [4.78, 5) is 9.10. The van der Waals surface area contributed by atoms with Crippen molar-refractivity contribution in [1.82, 2.24) is 19.7 Å². The van der Waals surface area contributed by atoms with Crippen molar-refractivity contribution in [3.63, 3.8) is 0 Å². The number of rotatable bonds is 4. The van der Waals surface area contributed by atoms with Gasteiger partial charge in [0.15, 0.2) is 5.82 Å². The fourth-order valence-electron chi connectivity index (χ4n) is 2.90. The molecule has 0 radical (unpaired) electrons. The van der Waals surface area contributed by atoms with Crippen LogP contribution >= 0.6 is 0 Å². The molecular formula is C20H19N5O. The number of aliphatic hydroxyl groups excluding tert-OH is 1. The summed E-state index contributed by atoms with van der Waals surface area (Å²) in [5.74, 6) is 0.668. The zero-order valence-corrected chi connectivity index (χ0v) is 14.4. The Kier molecular flexibility index (Phi) is 4.20. The van der Waals surface area contributed by atoms with E-state index in [1.54, 1.807) is 16.9 Å². The molecule has 4 aromatic rings. The molecule has 3 heterocycles. The van der Waals surface area contributed by atoms with Gasteiger partial charge in [0, 0.05) is 17.0 Å². The molecule has 130 valence electrons. The van der Waals surface area contributed by atoms with Gasteiger partial charge >= 0.3 is 0 Å². The second kappa shape index (κ2) is 6.67. The van der Waals surface area contributed by atoms with Gasteiger partial charge in [-0.25, -0.2) is 9.67 Å². The molecule has 3 aromatic heterocycles. The summed E-state index contributed by atoms with van der Waals surface area (Å²) >= 11 is 0. The van der Waals surface area contributed by atoms with Crippen molar-refractivity contribution in [3.8, 4) is 17.1 Å². The van der Waals surface area contributed by atoms with E-state index in [0.29, 0.717) is 11.5 Å². The van der Waals surface area contributed by atoms with Crippen LogP contribution in [0.15, 0.2) is 60.8 Å². The van der Waals surface area contributed by atoms with Crippen molar-refractivity contribution < 1.29 is 5.11 Å². The van der Waals surface area contributed by atoms with Crippen LogP contribution in [-0.2, 0) is 6.61 Å². The molecule has 1 aromatic carbocycles. The van der Waals surface area contributed by atoms with E-state index in [4.69, 9.17) is 5.73 Å². The molecule has 0 saturated carbocycles. The third-order valence-corrected chi connectivity index (χ3v) is 4.27. The average Bonchev–Trinajstić information content (AvgIpc) is 3.11. The first kappa shape index (κ1) is 16.4. The minimum atomic E-state index is -0.116. The summed E-state index contributed by atoms with van der Waals surface area (Å²) in [6, 6.07) is 17.4. The quantitative estimate of drug-likeness (QED) is 0.593. The third kappa shape index (κ3) is 2.96. The van der Waals surface area contributed by atoms with E-state index in [1.807, 2.05) is 55.5 Å². The Morgan fingerprint density at radius 1 is 1.08 bits per heavy atom. The number of aromatic nitrogens is 4. The standard InChI is InChI=1S/C20H19N5O/c1-13(21)17-5-3-6-18(24-17)14-8-9-15-11-22-25(19(15)10-14)20-7-2-4-16(12-26)23-20/h2-11,13,26H,12,21H2,1H3/t13-/m0/s1. The van der Waals surface area contributed by atoms with Crippen molar-refractivity contribution in [3.05, 3.63) is 72.2 Å². The summed E-state index contributed by atoms with van der Waals surface area (Å²) in [6.45, 7) is 1.82. The summed E-state index contributed by atoms with van der Waals surface area (Å²) in [6.07, 6.45) is 1.80. The molecule has 0 amide bonds. The van der Waals surface area contributed by atoms with Crippen LogP contribution in [0.5, 0.6) is 0 Å². The van der Waals surface area contributed by atoms with Gasteiger partial charge in [0.1, 0.15) is 0 Å². The maximum atomic E-state index is 9.33. The first-order valence-electron chi connectivity index (χ1n) is 8.43. The highest BCUT2D eigenvalue weighted by molar-refractivity contribution is 5.84. The molecule has 0 aliphatic carbocycles. The number of aliphatic hydroxyl groups is 1. The molecule has 0 bridgehead atoms. The molecule has 26 heavy (non-hydrogen) atoms. The normalized spacial score (nSPS) is 12.4. The molecule has 0 saturated heterocycles. The second-order valence-corrected chi connectivity index (χ2v) is 6.21. The van der Waals surface area contributed by atoms with Crippen molar-refractivity contribution >= 4 is 10.9 Å². The number of benzene rings is 1. The zero-order valence-electron chi connectivity index (χ0n) is 14.4. The SMILES string of the molecule is C[C@H](N)c1cccc(-c2ccc3cnn(-c4cccc(CO)n4)c3c2)n1. The number of hydrogen-bond donors (Lipinski definition) is 2. The van der Waals surface area contributed by atoms with Gasteiger partial charge in [-0.05, 0) is 37.3 Å². The van der Waals surface area contributed by atoms with Gasteiger partial charge in [-0.1, -0.05) is 24.3 Å². The van der Waals surface area contributed by atoms with Crippen molar-refractivity contribution in [2.24, 2.45) is 5.73 Å². The minimum Gasteiger partial charge on any atom is -0.390 e. The summed E-state index contributed by atoms with van der Waals surface area (Å²) < 4.78 is 1.77. The van der Waals surface area contributed by atoms with Gasteiger partial charge in [0.2, 0.25) is 0 Å². The van der Waals surface area contributed by atoms with Crippen LogP contribution < -0.4 is 5.73 Å². The van der Waals surface area contributed by atoms with Crippen molar-refractivity contribution in [1.29, 1.82) is 0 Å². The predicted molar refractivity (Wildman–Crippen MR) is 101 cm³/mol. The van der Waals surface area contributed by atoms with Gasteiger partial charge in [0.25, 0.3) is 0 Å². The molecule has 0 spiro atoms. The van der Waals surface area contributed by atoms with Gasteiger partial charge < -0.3 is 10.8 Å². The van der Waals surface area contributed by atoms with Gasteiger partial charge in [-0.2, -0.15) is 5.10 Å². The van der Waals surface area contributed by atoms with E-state index >= 15 is 0 Å². The Labute approximate surface area is 151 Å². The van der Waals surface area contributed by atoms with Crippen LogP contribution in [0.1, 0.15) is 24.4 Å². The predicted octanol–water partition coefficient (Wildman–Crippen LogP) is 2.99. The number of pyridine rings is 2. The van der Waals surface area contributed by atoms with E-state index in [2.05, 4.69) is 15.1 Å². The first-order valence-corrected chi connectivity index (χ1v) is 8.43. The fourth-order valence-corrected chi connectivity index (χ4v) is 2.90.